The standard InChI is InChI=1S/C10H17NO2S2/c1-3-7-11(8-4-2)15(12,13)10-6-5-9-14-10/h5-6,9H,3-4,7-8H2,1-2H3. The third-order valence-corrected chi connectivity index (χ3v) is 5.31. The van der Waals surface area contributed by atoms with E-state index < -0.39 is 10.0 Å². The molecule has 0 unspecified atom stereocenters. The van der Waals surface area contributed by atoms with Gasteiger partial charge in [0.25, 0.3) is 10.0 Å². The van der Waals surface area contributed by atoms with E-state index in [2.05, 4.69) is 0 Å². The molecule has 0 N–H and O–H groups in total. The van der Waals surface area contributed by atoms with Gasteiger partial charge in [0.15, 0.2) is 0 Å². The van der Waals surface area contributed by atoms with Crippen LogP contribution in [0.4, 0.5) is 0 Å². The van der Waals surface area contributed by atoms with Crippen molar-refractivity contribution in [3.05, 3.63) is 17.5 Å². The molecule has 0 saturated heterocycles. The SMILES string of the molecule is CCCN(CCC)S(=O)(=O)c1cccs1. The first-order valence-electron chi connectivity index (χ1n) is 5.16. The van der Waals surface area contributed by atoms with E-state index in [-0.39, 0.29) is 0 Å². The minimum atomic E-state index is -3.23. The molecule has 0 atom stereocenters. The van der Waals surface area contributed by atoms with Crippen LogP contribution in [0.2, 0.25) is 0 Å². The molecule has 0 radical (unpaired) electrons. The molecule has 0 amide bonds. The van der Waals surface area contributed by atoms with Gasteiger partial charge in [-0.25, -0.2) is 8.42 Å². The average Bonchev–Trinajstić information content (AvgIpc) is 2.70. The maximum absolute atomic E-state index is 12.1. The van der Waals surface area contributed by atoms with Gasteiger partial charge in [0.2, 0.25) is 0 Å². The molecule has 0 aliphatic rings. The molecule has 1 aromatic heterocycles. The van der Waals surface area contributed by atoms with Gasteiger partial charge in [-0.15, -0.1) is 11.3 Å². The summed E-state index contributed by atoms with van der Waals surface area (Å²) in [5, 5.41) is 1.79. The van der Waals surface area contributed by atoms with Crippen molar-refractivity contribution in [3.63, 3.8) is 0 Å². The Hall–Kier alpha value is -0.390. The summed E-state index contributed by atoms with van der Waals surface area (Å²) in [5.74, 6) is 0. The van der Waals surface area contributed by atoms with Gasteiger partial charge >= 0.3 is 0 Å². The maximum atomic E-state index is 12.1. The molecule has 0 saturated carbocycles. The Morgan fingerprint density at radius 1 is 1.27 bits per heavy atom. The van der Waals surface area contributed by atoms with Gasteiger partial charge in [-0.1, -0.05) is 19.9 Å². The summed E-state index contributed by atoms with van der Waals surface area (Å²) in [6, 6.07) is 3.44. The lowest BCUT2D eigenvalue weighted by molar-refractivity contribution is 0.411. The van der Waals surface area contributed by atoms with Crippen molar-refractivity contribution in [3.8, 4) is 0 Å². The second-order valence-electron chi connectivity index (χ2n) is 3.34. The van der Waals surface area contributed by atoms with E-state index >= 15 is 0 Å². The molecular formula is C10H17NO2S2. The molecule has 1 heterocycles. The third kappa shape index (κ3) is 3.03. The highest BCUT2D eigenvalue weighted by Gasteiger charge is 2.23. The van der Waals surface area contributed by atoms with Crippen LogP contribution in [-0.4, -0.2) is 25.8 Å². The van der Waals surface area contributed by atoms with Crippen LogP contribution in [-0.2, 0) is 10.0 Å². The number of hydrogen-bond donors (Lipinski definition) is 0. The molecule has 0 bridgehead atoms. The molecule has 86 valence electrons. The van der Waals surface area contributed by atoms with Crippen LogP contribution in [0.25, 0.3) is 0 Å². The minimum absolute atomic E-state index is 0.449. The van der Waals surface area contributed by atoms with E-state index in [1.54, 1.807) is 21.8 Å². The fraction of sp³-hybridized carbons (Fsp3) is 0.600. The molecule has 5 heteroatoms. The maximum Gasteiger partial charge on any atom is 0.252 e. The molecule has 3 nitrogen and oxygen atoms in total. The zero-order valence-electron chi connectivity index (χ0n) is 9.14. The van der Waals surface area contributed by atoms with Crippen LogP contribution >= 0.6 is 11.3 Å². The van der Waals surface area contributed by atoms with Crippen molar-refractivity contribution in [1.29, 1.82) is 0 Å². The highest BCUT2D eigenvalue weighted by Crippen LogP contribution is 2.21. The van der Waals surface area contributed by atoms with E-state index in [1.165, 1.54) is 11.3 Å². The predicted molar refractivity (Wildman–Crippen MR) is 63.7 cm³/mol. The van der Waals surface area contributed by atoms with Crippen LogP contribution in [0.15, 0.2) is 21.7 Å². The zero-order chi connectivity index (χ0) is 11.3. The van der Waals surface area contributed by atoms with Gasteiger partial charge < -0.3 is 0 Å². The first kappa shape index (κ1) is 12.7. The molecule has 0 fully saturated rings. The summed E-state index contributed by atoms with van der Waals surface area (Å²) < 4.78 is 26.2. The first-order chi connectivity index (χ1) is 7.12. The fourth-order valence-corrected chi connectivity index (χ4v) is 4.16. The average molecular weight is 247 g/mol. The molecule has 0 spiro atoms. The van der Waals surface area contributed by atoms with E-state index in [9.17, 15) is 8.42 Å². The first-order valence-corrected chi connectivity index (χ1v) is 7.48. The molecule has 15 heavy (non-hydrogen) atoms. The lowest BCUT2D eigenvalue weighted by Crippen LogP contribution is -2.32. The highest BCUT2D eigenvalue weighted by atomic mass is 32.2. The highest BCUT2D eigenvalue weighted by molar-refractivity contribution is 7.91. The summed E-state index contributed by atoms with van der Waals surface area (Å²) in [5.41, 5.74) is 0. The van der Waals surface area contributed by atoms with Gasteiger partial charge in [-0.05, 0) is 24.3 Å². The largest absolute Gasteiger partial charge is 0.252 e. The second kappa shape index (κ2) is 5.63. The van der Waals surface area contributed by atoms with Crippen LogP contribution in [0.3, 0.4) is 0 Å². The number of sulfonamides is 1. The molecule has 1 aromatic rings. The van der Waals surface area contributed by atoms with Crippen molar-refractivity contribution < 1.29 is 8.42 Å². The lowest BCUT2D eigenvalue weighted by Gasteiger charge is -2.19. The molecule has 0 aliphatic carbocycles. The molecule has 0 aliphatic heterocycles. The van der Waals surface area contributed by atoms with Gasteiger partial charge in [0.05, 0.1) is 0 Å². The normalized spacial score (nSPS) is 12.2. The van der Waals surface area contributed by atoms with E-state index in [1.807, 2.05) is 13.8 Å². The Bertz CT molecular complexity index is 364. The number of nitrogens with zero attached hydrogens (tertiary/aromatic N) is 1. The quantitative estimate of drug-likeness (QED) is 0.774. The summed E-state index contributed by atoms with van der Waals surface area (Å²) >= 11 is 1.28. The Balaban J connectivity index is 2.91. The monoisotopic (exact) mass is 247 g/mol. The second-order valence-corrected chi connectivity index (χ2v) is 6.45. The number of rotatable bonds is 6. The lowest BCUT2D eigenvalue weighted by atomic mass is 10.4. The summed E-state index contributed by atoms with van der Waals surface area (Å²) in [6.07, 6.45) is 1.70. The Morgan fingerprint density at radius 3 is 2.27 bits per heavy atom. The van der Waals surface area contributed by atoms with Crippen molar-refractivity contribution in [2.45, 2.75) is 30.9 Å². The van der Waals surface area contributed by atoms with Crippen molar-refractivity contribution in [2.75, 3.05) is 13.1 Å². The van der Waals surface area contributed by atoms with Gasteiger partial charge in [0, 0.05) is 13.1 Å². The van der Waals surface area contributed by atoms with Crippen molar-refractivity contribution in [2.24, 2.45) is 0 Å². The fourth-order valence-electron chi connectivity index (χ4n) is 1.39. The van der Waals surface area contributed by atoms with Crippen LogP contribution in [0.1, 0.15) is 26.7 Å². The Kier molecular flexibility index (Phi) is 4.76. The molecular weight excluding hydrogens is 230 g/mol. The Labute approximate surface area is 95.8 Å². The summed E-state index contributed by atoms with van der Waals surface area (Å²) in [4.78, 5) is 0. The van der Waals surface area contributed by atoms with Crippen molar-refractivity contribution in [1.82, 2.24) is 4.31 Å². The van der Waals surface area contributed by atoms with E-state index in [4.69, 9.17) is 0 Å². The van der Waals surface area contributed by atoms with E-state index in [0.717, 1.165) is 12.8 Å². The predicted octanol–water partition coefficient (Wildman–Crippen LogP) is 2.56. The van der Waals surface area contributed by atoms with Crippen molar-refractivity contribution >= 4 is 21.4 Å². The molecule has 0 aromatic carbocycles. The number of hydrogen-bond acceptors (Lipinski definition) is 3. The third-order valence-electron chi connectivity index (χ3n) is 2.04. The van der Waals surface area contributed by atoms with Crippen LogP contribution in [0, 0.1) is 0 Å². The van der Waals surface area contributed by atoms with Gasteiger partial charge in [-0.3, -0.25) is 0 Å². The smallest absolute Gasteiger partial charge is 0.206 e. The number of thiophene rings is 1. The zero-order valence-corrected chi connectivity index (χ0v) is 10.8. The Morgan fingerprint density at radius 2 is 1.87 bits per heavy atom. The summed E-state index contributed by atoms with van der Waals surface area (Å²) in [7, 11) is -3.23. The van der Waals surface area contributed by atoms with Crippen LogP contribution < -0.4 is 0 Å². The van der Waals surface area contributed by atoms with E-state index in [0.29, 0.717) is 17.3 Å². The van der Waals surface area contributed by atoms with Gasteiger partial charge in [-0.2, -0.15) is 4.31 Å². The van der Waals surface area contributed by atoms with Crippen LogP contribution in [0.5, 0.6) is 0 Å². The summed E-state index contributed by atoms with van der Waals surface area (Å²) in [6.45, 7) is 5.20. The topological polar surface area (TPSA) is 37.4 Å². The van der Waals surface area contributed by atoms with Gasteiger partial charge in [0.1, 0.15) is 4.21 Å². The minimum Gasteiger partial charge on any atom is -0.206 e. The molecule has 1 rings (SSSR count).